The number of aromatic carboxylic acids is 1. The number of aromatic nitrogens is 3. The minimum Gasteiger partial charge on any atom is -0.477 e. The van der Waals surface area contributed by atoms with Gasteiger partial charge in [0.2, 0.25) is 5.13 Å². The highest BCUT2D eigenvalue weighted by atomic mass is 35.5. The van der Waals surface area contributed by atoms with Gasteiger partial charge in [-0.25, -0.2) is 14.5 Å². The van der Waals surface area contributed by atoms with Crippen molar-refractivity contribution >= 4 is 28.9 Å². The summed E-state index contributed by atoms with van der Waals surface area (Å²) >= 11 is 7.12. The Hall–Kier alpha value is -1.40. The fourth-order valence-electron chi connectivity index (χ4n) is 1.48. The third-order valence-corrected chi connectivity index (χ3v) is 4.03. The van der Waals surface area contributed by atoms with Crippen LogP contribution < -0.4 is 0 Å². The molecular weight excluding hydrogens is 262 g/mol. The molecule has 0 saturated heterocycles. The molecule has 2 rings (SSSR count). The number of carbonyl (C=O) groups is 1. The molecule has 0 atom stereocenters. The molecule has 5 nitrogen and oxygen atoms in total. The van der Waals surface area contributed by atoms with Gasteiger partial charge in [-0.2, -0.15) is 5.10 Å². The van der Waals surface area contributed by atoms with Crippen LogP contribution in [0.5, 0.6) is 0 Å². The number of halogens is 1. The fraction of sp³-hybridized carbons (Fsp3) is 0.300. The average molecular weight is 272 g/mol. The maximum Gasteiger partial charge on any atom is 0.347 e. The molecule has 0 fully saturated rings. The van der Waals surface area contributed by atoms with Gasteiger partial charge < -0.3 is 5.11 Å². The summed E-state index contributed by atoms with van der Waals surface area (Å²) < 4.78 is 1.57. The van der Waals surface area contributed by atoms with Crippen LogP contribution >= 0.6 is 22.9 Å². The van der Waals surface area contributed by atoms with Crippen molar-refractivity contribution in [2.75, 3.05) is 0 Å². The average Bonchev–Trinajstić information content (AvgIpc) is 2.75. The summed E-state index contributed by atoms with van der Waals surface area (Å²) in [7, 11) is 0. The van der Waals surface area contributed by atoms with E-state index in [2.05, 4.69) is 10.1 Å². The van der Waals surface area contributed by atoms with E-state index < -0.39 is 5.97 Å². The quantitative estimate of drug-likeness (QED) is 0.912. The molecule has 90 valence electrons. The van der Waals surface area contributed by atoms with Crippen LogP contribution in [0.3, 0.4) is 0 Å². The minimum absolute atomic E-state index is 0.226. The molecule has 0 aliphatic heterocycles. The Morgan fingerprint density at radius 1 is 1.35 bits per heavy atom. The van der Waals surface area contributed by atoms with Crippen molar-refractivity contribution in [1.29, 1.82) is 0 Å². The molecule has 0 amide bonds. The smallest absolute Gasteiger partial charge is 0.347 e. The summed E-state index contributed by atoms with van der Waals surface area (Å²) in [6, 6.07) is 0. The Kier molecular flexibility index (Phi) is 2.92. The van der Waals surface area contributed by atoms with Crippen LogP contribution in [-0.2, 0) is 0 Å². The van der Waals surface area contributed by atoms with E-state index in [1.807, 2.05) is 6.92 Å². The summed E-state index contributed by atoms with van der Waals surface area (Å²) in [6.45, 7) is 5.28. The Balaban J connectivity index is 2.57. The normalized spacial score (nSPS) is 10.8. The minimum atomic E-state index is -0.973. The molecule has 1 N–H and O–H groups in total. The molecule has 2 aromatic heterocycles. The SMILES string of the molecule is Cc1nc(-n2nc(C)c(Cl)c2C)sc1C(=O)O. The highest BCUT2D eigenvalue weighted by Gasteiger charge is 2.18. The molecular formula is C10H10ClN3O2S. The van der Waals surface area contributed by atoms with E-state index in [4.69, 9.17) is 16.7 Å². The van der Waals surface area contributed by atoms with Crippen molar-refractivity contribution in [1.82, 2.24) is 14.8 Å². The van der Waals surface area contributed by atoms with Gasteiger partial charge in [-0.15, -0.1) is 0 Å². The van der Waals surface area contributed by atoms with Crippen LogP contribution in [0, 0.1) is 20.8 Å². The predicted octanol–water partition coefficient (Wildman–Crippen LogP) is 2.61. The standard InChI is InChI=1S/C10H10ClN3O2S/c1-4-7(11)6(3)14(13-4)10-12-5(2)8(17-10)9(15)16/h1-3H3,(H,15,16). The molecule has 0 spiro atoms. The van der Waals surface area contributed by atoms with Crippen LogP contribution in [0.1, 0.15) is 26.8 Å². The van der Waals surface area contributed by atoms with Gasteiger partial charge in [0.15, 0.2) is 0 Å². The largest absolute Gasteiger partial charge is 0.477 e. The Morgan fingerprint density at radius 2 is 2.00 bits per heavy atom. The number of hydrogen-bond acceptors (Lipinski definition) is 4. The van der Waals surface area contributed by atoms with Crippen LogP contribution in [-0.4, -0.2) is 25.8 Å². The van der Waals surface area contributed by atoms with Gasteiger partial charge in [-0.1, -0.05) is 22.9 Å². The van der Waals surface area contributed by atoms with E-state index in [9.17, 15) is 4.79 Å². The second-order valence-electron chi connectivity index (χ2n) is 3.61. The van der Waals surface area contributed by atoms with Crippen LogP contribution in [0.4, 0.5) is 0 Å². The summed E-state index contributed by atoms with van der Waals surface area (Å²) in [5.41, 5.74) is 1.95. The fourth-order valence-corrected chi connectivity index (χ4v) is 2.51. The molecule has 2 heterocycles. The van der Waals surface area contributed by atoms with Crippen LogP contribution in [0.2, 0.25) is 5.02 Å². The zero-order chi connectivity index (χ0) is 12.7. The maximum absolute atomic E-state index is 10.9. The molecule has 0 saturated carbocycles. The first kappa shape index (κ1) is 12.1. The molecule has 2 aromatic rings. The molecule has 0 radical (unpaired) electrons. The highest BCUT2D eigenvalue weighted by molar-refractivity contribution is 7.16. The van der Waals surface area contributed by atoms with Crippen molar-refractivity contribution in [3.05, 3.63) is 27.0 Å². The third kappa shape index (κ3) is 1.94. The predicted molar refractivity (Wildman–Crippen MR) is 65.4 cm³/mol. The molecule has 0 aliphatic rings. The third-order valence-electron chi connectivity index (χ3n) is 2.36. The lowest BCUT2D eigenvalue weighted by molar-refractivity contribution is 0.0701. The molecule has 0 bridgehead atoms. The summed E-state index contributed by atoms with van der Waals surface area (Å²) in [5.74, 6) is -0.973. The maximum atomic E-state index is 10.9. The Morgan fingerprint density at radius 3 is 2.41 bits per heavy atom. The Bertz CT molecular complexity index is 603. The van der Waals surface area contributed by atoms with E-state index in [1.54, 1.807) is 18.5 Å². The molecule has 7 heteroatoms. The van der Waals surface area contributed by atoms with E-state index >= 15 is 0 Å². The van der Waals surface area contributed by atoms with Crippen molar-refractivity contribution in [3.8, 4) is 5.13 Å². The lowest BCUT2D eigenvalue weighted by Crippen LogP contribution is -1.98. The van der Waals surface area contributed by atoms with Crippen molar-refractivity contribution < 1.29 is 9.90 Å². The van der Waals surface area contributed by atoms with E-state index in [0.717, 1.165) is 17.0 Å². The van der Waals surface area contributed by atoms with E-state index in [1.165, 1.54) is 0 Å². The number of rotatable bonds is 2. The molecule has 0 aromatic carbocycles. The van der Waals surface area contributed by atoms with Gasteiger partial charge in [0.1, 0.15) is 4.88 Å². The summed E-state index contributed by atoms with van der Waals surface area (Å²) in [5, 5.41) is 14.3. The molecule has 0 aliphatic carbocycles. The van der Waals surface area contributed by atoms with Crippen molar-refractivity contribution in [2.24, 2.45) is 0 Å². The number of aryl methyl sites for hydroxylation is 2. The van der Waals surface area contributed by atoms with Gasteiger partial charge in [0, 0.05) is 0 Å². The lowest BCUT2D eigenvalue weighted by atomic mass is 10.4. The van der Waals surface area contributed by atoms with Gasteiger partial charge in [-0.3, -0.25) is 0 Å². The zero-order valence-corrected chi connectivity index (χ0v) is 11.1. The number of hydrogen-bond donors (Lipinski definition) is 1. The topological polar surface area (TPSA) is 68.0 Å². The van der Waals surface area contributed by atoms with Crippen LogP contribution in [0.25, 0.3) is 5.13 Å². The first-order valence-corrected chi connectivity index (χ1v) is 6.04. The van der Waals surface area contributed by atoms with Gasteiger partial charge in [-0.05, 0) is 20.8 Å². The number of nitrogens with zero attached hydrogens (tertiary/aromatic N) is 3. The second kappa shape index (κ2) is 4.12. The van der Waals surface area contributed by atoms with E-state index in [0.29, 0.717) is 21.5 Å². The lowest BCUT2D eigenvalue weighted by Gasteiger charge is -1.97. The molecule has 17 heavy (non-hydrogen) atoms. The number of carboxylic acids is 1. The van der Waals surface area contributed by atoms with Crippen molar-refractivity contribution in [2.45, 2.75) is 20.8 Å². The Labute approximate surface area is 107 Å². The molecule has 0 unspecified atom stereocenters. The summed E-state index contributed by atoms with van der Waals surface area (Å²) in [6.07, 6.45) is 0. The first-order chi connectivity index (χ1) is 7.91. The van der Waals surface area contributed by atoms with Gasteiger partial charge >= 0.3 is 5.97 Å². The van der Waals surface area contributed by atoms with Gasteiger partial charge in [0.05, 0.1) is 22.1 Å². The monoisotopic (exact) mass is 271 g/mol. The van der Waals surface area contributed by atoms with E-state index in [-0.39, 0.29) is 4.88 Å². The summed E-state index contributed by atoms with van der Waals surface area (Å²) in [4.78, 5) is 15.4. The highest BCUT2D eigenvalue weighted by Crippen LogP contribution is 2.26. The second-order valence-corrected chi connectivity index (χ2v) is 4.97. The zero-order valence-electron chi connectivity index (χ0n) is 9.48. The number of carboxylic acid groups (broad SMARTS) is 1. The van der Waals surface area contributed by atoms with Gasteiger partial charge in [0.25, 0.3) is 0 Å². The number of thiazole rings is 1. The first-order valence-electron chi connectivity index (χ1n) is 4.84. The van der Waals surface area contributed by atoms with Crippen molar-refractivity contribution in [3.63, 3.8) is 0 Å². The van der Waals surface area contributed by atoms with Crippen LogP contribution in [0.15, 0.2) is 0 Å².